The van der Waals surface area contributed by atoms with Crippen molar-refractivity contribution in [3.63, 3.8) is 0 Å². The van der Waals surface area contributed by atoms with E-state index in [0.29, 0.717) is 10.0 Å². The molecule has 1 aliphatic heterocycles. The molecule has 1 radical (unpaired) electrons. The van der Waals surface area contributed by atoms with Gasteiger partial charge in [0.2, 0.25) is 0 Å². The molecule has 19 heavy (non-hydrogen) atoms. The quantitative estimate of drug-likeness (QED) is 0.794. The summed E-state index contributed by atoms with van der Waals surface area (Å²) in [5.74, 6) is 1.61. The fourth-order valence-corrected chi connectivity index (χ4v) is 2.58. The first-order chi connectivity index (χ1) is 9.19. The molecule has 0 aliphatic carbocycles. The number of fused-ring (bicyclic) bond motifs is 1. The van der Waals surface area contributed by atoms with E-state index in [1.165, 1.54) is 0 Å². The molecule has 2 aromatic rings. The van der Waals surface area contributed by atoms with Gasteiger partial charge in [-0.3, -0.25) is 0 Å². The summed E-state index contributed by atoms with van der Waals surface area (Å²) in [6, 6.07) is 9.27. The minimum atomic E-state index is 0.635. The van der Waals surface area contributed by atoms with Crippen molar-refractivity contribution in [2.75, 3.05) is 7.11 Å². The molecule has 0 amide bonds. The monoisotopic (exact) mass is 293 g/mol. The highest BCUT2D eigenvalue weighted by molar-refractivity contribution is 6.35. The molecular weight excluding hydrogens is 283 g/mol. The maximum atomic E-state index is 6.26. The van der Waals surface area contributed by atoms with Gasteiger partial charge in [-0.25, -0.2) is 0 Å². The Morgan fingerprint density at radius 2 is 1.95 bits per heavy atom. The zero-order valence-corrected chi connectivity index (χ0v) is 11.8. The van der Waals surface area contributed by atoms with E-state index in [1.807, 2.05) is 18.2 Å². The van der Waals surface area contributed by atoms with E-state index in [1.54, 1.807) is 25.8 Å². The summed E-state index contributed by atoms with van der Waals surface area (Å²) in [4.78, 5) is 0. The molecule has 0 atom stereocenters. The van der Waals surface area contributed by atoms with Crippen LogP contribution in [0.1, 0.15) is 5.56 Å². The summed E-state index contributed by atoms with van der Waals surface area (Å²) in [7, 11) is 1.64. The summed E-state index contributed by atoms with van der Waals surface area (Å²) in [5, 5.41) is 1.27. The van der Waals surface area contributed by atoms with Crippen LogP contribution >= 0.6 is 23.2 Å². The number of hydrogen-bond donors (Lipinski definition) is 0. The van der Waals surface area contributed by atoms with Crippen molar-refractivity contribution in [2.45, 2.75) is 6.42 Å². The molecule has 1 heterocycles. The summed E-state index contributed by atoms with van der Waals surface area (Å²) in [6.45, 7) is 1.77. The third kappa shape index (κ3) is 2.26. The maximum absolute atomic E-state index is 6.26. The summed E-state index contributed by atoms with van der Waals surface area (Å²) in [6.07, 6.45) is 0.762. The molecule has 0 unspecified atom stereocenters. The maximum Gasteiger partial charge on any atom is 0.140 e. The van der Waals surface area contributed by atoms with Crippen LogP contribution < -0.4 is 9.47 Å². The molecule has 97 valence electrons. The second-order valence-electron chi connectivity index (χ2n) is 4.28. The molecule has 0 fully saturated rings. The number of hydrogen-bond acceptors (Lipinski definition) is 2. The van der Waals surface area contributed by atoms with Crippen LogP contribution in [0.3, 0.4) is 0 Å². The molecule has 0 N–H and O–H groups in total. The topological polar surface area (TPSA) is 18.5 Å². The summed E-state index contributed by atoms with van der Waals surface area (Å²) < 4.78 is 10.9. The largest absolute Gasteiger partial charge is 0.497 e. The Hall–Kier alpha value is -1.38. The van der Waals surface area contributed by atoms with E-state index in [-0.39, 0.29) is 0 Å². The van der Waals surface area contributed by atoms with Crippen molar-refractivity contribution in [3.05, 3.63) is 52.5 Å². The van der Waals surface area contributed by atoms with Crippen molar-refractivity contribution in [1.82, 2.24) is 0 Å². The van der Waals surface area contributed by atoms with Crippen molar-refractivity contribution in [3.8, 4) is 22.6 Å². The van der Waals surface area contributed by atoms with Gasteiger partial charge in [-0.05, 0) is 30.3 Å². The zero-order chi connectivity index (χ0) is 13.4. The van der Waals surface area contributed by atoms with Gasteiger partial charge in [0.05, 0.1) is 7.11 Å². The van der Waals surface area contributed by atoms with Gasteiger partial charge in [-0.2, -0.15) is 0 Å². The predicted octanol–water partition coefficient (Wildman–Crippen LogP) is 4.77. The third-order valence-electron chi connectivity index (χ3n) is 3.10. The number of ether oxygens (including phenoxy) is 2. The molecule has 0 spiro atoms. The van der Waals surface area contributed by atoms with E-state index < -0.39 is 0 Å². The normalized spacial score (nSPS) is 13.0. The van der Waals surface area contributed by atoms with E-state index >= 15 is 0 Å². The van der Waals surface area contributed by atoms with Gasteiger partial charge in [0, 0.05) is 33.2 Å². The van der Waals surface area contributed by atoms with Gasteiger partial charge in [0.15, 0.2) is 0 Å². The lowest BCUT2D eigenvalue weighted by Gasteiger charge is -2.12. The standard InChI is InChI=1S/C15H11Cl2O2/c1-18-11-6-9-4-5-19-15(9)13(8-11)12-7-10(16)2-3-14(12)17/h2-3,5-8H,4H2,1H3. The smallest absolute Gasteiger partial charge is 0.140 e. The van der Waals surface area contributed by atoms with E-state index in [2.05, 4.69) is 0 Å². The molecule has 3 rings (SSSR count). The Morgan fingerprint density at radius 1 is 1.11 bits per heavy atom. The van der Waals surface area contributed by atoms with Crippen LogP contribution in [0.15, 0.2) is 30.3 Å². The zero-order valence-electron chi connectivity index (χ0n) is 10.2. The number of halogens is 2. The van der Waals surface area contributed by atoms with Gasteiger partial charge >= 0.3 is 0 Å². The van der Waals surface area contributed by atoms with Crippen molar-refractivity contribution < 1.29 is 9.47 Å². The molecule has 0 bridgehead atoms. The SMILES string of the molecule is COc1cc2c(c(-c3cc(Cl)ccc3Cl)c1)O[CH]C2. The van der Waals surface area contributed by atoms with Crippen molar-refractivity contribution >= 4 is 23.2 Å². The lowest BCUT2D eigenvalue weighted by Crippen LogP contribution is -1.90. The second kappa shape index (κ2) is 4.95. The molecule has 2 nitrogen and oxygen atoms in total. The van der Waals surface area contributed by atoms with Crippen LogP contribution in [0, 0.1) is 6.61 Å². The number of benzene rings is 2. The second-order valence-corrected chi connectivity index (χ2v) is 5.12. The van der Waals surface area contributed by atoms with Crippen LogP contribution in [-0.4, -0.2) is 7.11 Å². The molecule has 4 heteroatoms. The number of methoxy groups -OCH3 is 1. The fourth-order valence-electron chi connectivity index (χ4n) is 2.19. The Kier molecular flexibility index (Phi) is 3.29. The van der Waals surface area contributed by atoms with Gasteiger partial charge in [0.1, 0.15) is 18.1 Å². The average Bonchev–Trinajstić information content (AvgIpc) is 2.88. The molecule has 0 saturated carbocycles. The van der Waals surface area contributed by atoms with Gasteiger partial charge in [-0.1, -0.05) is 23.2 Å². The highest BCUT2D eigenvalue weighted by Gasteiger charge is 2.21. The first-order valence-corrected chi connectivity index (χ1v) is 6.59. The molecular formula is C15H11Cl2O2. The highest BCUT2D eigenvalue weighted by atomic mass is 35.5. The molecule has 2 aromatic carbocycles. The Morgan fingerprint density at radius 3 is 2.74 bits per heavy atom. The van der Waals surface area contributed by atoms with Gasteiger partial charge in [-0.15, -0.1) is 0 Å². The predicted molar refractivity (Wildman–Crippen MR) is 77.1 cm³/mol. The van der Waals surface area contributed by atoms with E-state index in [4.69, 9.17) is 32.7 Å². The van der Waals surface area contributed by atoms with Crippen LogP contribution in [-0.2, 0) is 6.42 Å². The van der Waals surface area contributed by atoms with E-state index in [9.17, 15) is 0 Å². The highest BCUT2D eigenvalue weighted by Crippen LogP contribution is 2.43. The van der Waals surface area contributed by atoms with Crippen molar-refractivity contribution in [1.29, 1.82) is 0 Å². The van der Waals surface area contributed by atoms with Crippen LogP contribution in [0.5, 0.6) is 11.5 Å². The van der Waals surface area contributed by atoms with Crippen LogP contribution in [0.4, 0.5) is 0 Å². The summed E-state index contributed by atoms with van der Waals surface area (Å²) >= 11 is 12.3. The Labute approximate surface area is 121 Å². The lowest BCUT2D eigenvalue weighted by molar-refractivity contribution is 0.413. The first kappa shape index (κ1) is 12.6. The minimum absolute atomic E-state index is 0.635. The first-order valence-electron chi connectivity index (χ1n) is 5.83. The average molecular weight is 294 g/mol. The lowest BCUT2D eigenvalue weighted by atomic mass is 10.0. The number of rotatable bonds is 2. The molecule has 1 aliphatic rings. The van der Waals surface area contributed by atoms with Crippen LogP contribution in [0.2, 0.25) is 10.0 Å². The Bertz CT molecular complexity index is 638. The van der Waals surface area contributed by atoms with Gasteiger partial charge < -0.3 is 9.47 Å². The van der Waals surface area contributed by atoms with E-state index in [0.717, 1.165) is 34.6 Å². The van der Waals surface area contributed by atoms with Gasteiger partial charge in [0.25, 0.3) is 0 Å². The third-order valence-corrected chi connectivity index (χ3v) is 3.66. The summed E-state index contributed by atoms with van der Waals surface area (Å²) in [5.41, 5.74) is 2.83. The minimum Gasteiger partial charge on any atom is -0.497 e. The Balaban J connectivity index is 2.24. The molecule has 0 saturated heterocycles. The van der Waals surface area contributed by atoms with Crippen LogP contribution in [0.25, 0.3) is 11.1 Å². The molecule has 0 aromatic heterocycles. The van der Waals surface area contributed by atoms with Crippen molar-refractivity contribution in [2.24, 2.45) is 0 Å². The fraction of sp³-hybridized carbons (Fsp3) is 0.133.